The summed E-state index contributed by atoms with van der Waals surface area (Å²) >= 11 is 1.63. The Morgan fingerprint density at radius 1 is 1.50 bits per heavy atom. The molecule has 0 radical (unpaired) electrons. The maximum absolute atomic E-state index is 11.4. The summed E-state index contributed by atoms with van der Waals surface area (Å²) in [5.41, 5.74) is 0. The van der Waals surface area contributed by atoms with Gasteiger partial charge in [-0.15, -0.1) is 11.8 Å². The fourth-order valence-corrected chi connectivity index (χ4v) is 2.34. The van der Waals surface area contributed by atoms with Gasteiger partial charge in [-0.05, 0) is 12.8 Å². The summed E-state index contributed by atoms with van der Waals surface area (Å²) in [5.74, 6) is 1.65. The van der Waals surface area contributed by atoms with Gasteiger partial charge in [0.2, 0.25) is 5.91 Å². The number of hydrogen-bond acceptors (Lipinski definition) is 3. The van der Waals surface area contributed by atoms with Crippen LogP contribution in [0.5, 0.6) is 0 Å². The van der Waals surface area contributed by atoms with E-state index in [9.17, 15) is 4.79 Å². The van der Waals surface area contributed by atoms with Crippen LogP contribution in [0.2, 0.25) is 0 Å². The van der Waals surface area contributed by atoms with Crippen LogP contribution in [-0.2, 0) is 9.53 Å². The molecule has 0 aromatic rings. The van der Waals surface area contributed by atoms with Crippen molar-refractivity contribution in [1.29, 1.82) is 0 Å². The molecule has 0 aliphatic heterocycles. The van der Waals surface area contributed by atoms with Crippen molar-refractivity contribution in [1.82, 2.24) is 5.32 Å². The molecule has 4 heteroatoms. The molecular weight excluding hydrogens is 198 g/mol. The number of nitrogens with one attached hydrogen (secondary N) is 1. The molecule has 0 spiro atoms. The molecule has 0 aromatic carbocycles. The summed E-state index contributed by atoms with van der Waals surface area (Å²) in [7, 11) is 1.68. The Hall–Kier alpha value is -0.220. The van der Waals surface area contributed by atoms with Crippen molar-refractivity contribution in [3.63, 3.8) is 0 Å². The molecule has 0 unspecified atom stereocenters. The van der Waals surface area contributed by atoms with Gasteiger partial charge >= 0.3 is 0 Å². The fraction of sp³-hybridized carbons (Fsp3) is 0.900. The second kappa shape index (κ2) is 7.12. The Bertz CT molecular complexity index is 170. The number of methoxy groups -OCH3 is 1. The molecule has 1 aliphatic rings. The topological polar surface area (TPSA) is 38.3 Å². The van der Waals surface area contributed by atoms with E-state index in [1.165, 1.54) is 12.8 Å². The number of amides is 1. The van der Waals surface area contributed by atoms with Crippen LogP contribution in [0.15, 0.2) is 0 Å². The van der Waals surface area contributed by atoms with Gasteiger partial charge < -0.3 is 10.1 Å². The number of hydrogen-bond donors (Lipinski definition) is 1. The average molecular weight is 217 g/mol. The molecular formula is C10H19NO2S. The molecule has 0 heterocycles. The first-order chi connectivity index (χ1) is 6.83. The molecule has 1 saturated carbocycles. The molecule has 0 atom stereocenters. The predicted octanol–water partition coefficient (Wildman–Crippen LogP) is 1.42. The maximum Gasteiger partial charge on any atom is 0.230 e. The highest BCUT2D eigenvalue weighted by atomic mass is 32.2. The SMILES string of the molecule is COCCSCC(=O)NC1CCCC1. The van der Waals surface area contributed by atoms with Crippen molar-refractivity contribution in [2.75, 3.05) is 25.2 Å². The summed E-state index contributed by atoms with van der Waals surface area (Å²) in [6.07, 6.45) is 4.85. The second-order valence-corrected chi connectivity index (χ2v) is 4.70. The summed E-state index contributed by atoms with van der Waals surface area (Å²) in [5, 5.41) is 3.06. The van der Waals surface area contributed by atoms with Crippen LogP contribution in [0.25, 0.3) is 0 Å². The van der Waals surface area contributed by atoms with E-state index in [1.807, 2.05) is 0 Å². The predicted molar refractivity (Wildman–Crippen MR) is 59.6 cm³/mol. The quantitative estimate of drug-likeness (QED) is 0.684. The van der Waals surface area contributed by atoms with Crippen molar-refractivity contribution < 1.29 is 9.53 Å². The number of carbonyl (C=O) groups is 1. The van der Waals surface area contributed by atoms with Crippen LogP contribution in [0.4, 0.5) is 0 Å². The second-order valence-electron chi connectivity index (χ2n) is 3.59. The maximum atomic E-state index is 11.4. The standard InChI is InChI=1S/C10H19NO2S/c1-13-6-7-14-8-10(12)11-9-4-2-3-5-9/h9H,2-8H2,1H3,(H,11,12). The van der Waals surface area contributed by atoms with E-state index in [2.05, 4.69) is 5.32 Å². The number of ether oxygens (including phenoxy) is 1. The first-order valence-corrected chi connectivity index (χ1v) is 6.34. The highest BCUT2D eigenvalue weighted by molar-refractivity contribution is 7.99. The number of thioether (sulfide) groups is 1. The van der Waals surface area contributed by atoms with Crippen molar-refractivity contribution in [3.8, 4) is 0 Å². The molecule has 0 aromatic heterocycles. The summed E-state index contributed by atoms with van der Waals surface area (Å²) in [4.78, 5) is 11.4. The van der Waals surface area contributed by atoms with E-state index >= 15 is 0 Å². The Kier molecular flexibility index (Phi) is 6.03. The van der Waals surface area contributed by atoms with E-state index in [1.54, 1.807) is 18.9 Å². The van der Waals surface area contributed by atoms with Gasteiger partial charge in [-0.25, -0.2) is 0 Å². The van der Waals surface area contributed by atoms with Gasteiger partial charge in [-0.1, -0.05) is 12.8 Å². The zero-order chi connectivity index (χ0) is 10.2. The van der Waals surface area contributed by atoms with Crippen LogP contribution >= 0.6 is 11.8 Å². The number of carbonyl (C=O) groups excluding carboxylic acids is 1. The van der Waals surface area contributed by atoms with Crippen LogP contribution in [0.3, 0.4) is 0 Å². The molecule has 3 nitrogen and oxygen atoms in total. The lowest BCUT2D eigenvalue weighted by Crippen LogP contribution is -2.33. The third-order valence-electron chi connectivity index (χ3n) is 2.39. The Labute approximate surface area is 90.0 Å². The molecule has 0 bridgehead atoms. The van der Waals surface area contributed by atoms with Gasteiger partial charge in [0.1, 0.15) is 0 Å². The fourth-order valence-electron chi connectivity index (χ4n) is 1.65. The van der Waals surface area contributed by atoms with E-state index in [-0.39, 0.29) is 5.91 Å². The molecule has 1 fully saturated rings. The van der Waals surface area contributed by atoms with Crippen LogP contribution in [-0.4, -0.2) is 37.2 Å². The molecule has 0 saturated heterocycles. The Morgan fingerprint density at radius 2 is 2.21 bits per heavy atom. The highest BCUT2D eigenvalue weighted by Crippen LogP contribution is 2.17. The zero-order valence-corrected chi connectivity index (χ0v) is 9.57. The first kappa shape index (κ1) is 11.9. The molecule has 1 N–H and O–H groups in total. The van der Waals surface area contributed by atoms with E-state index < -0.39 is 0 Å². The molecule has 14 heavy (non-hydrogen) atoms. The van der Waals surface area contributed by atoms with Gasteiger partial charge in [0.15, 0.2) is 0 Å². The van der Waals surface area contributed by atoms with Crippen molar-refractivity contribution in [3.05, 3.63) is 0 Å². The van der Waals surface area contributed by atoms with Gasteiger partial charge in [0.05, 0.1) is 12.4 Å². The normalized spacial score (nSPS) is 17.2. The van der Waals surface area contributed by atoms with Gasteiger partial charge in [0, 0.05) is 18.9 Å². The van der Waals surface area contributed by atoms with Gasteiger partial charge in [-0.3, -0.25) is 4.79 Å². The molecule has 1 amide bonds. The third-order valence-corrected chi connectivity index (χ3v) is 3.31. The lowest BCUT2D eigenvalue weighted by molar-refractivity contribution is -0.119. The van der Waals surface area contributed by atoms with E-state index in [0.717, 1.165) is 25.2 Å². The number of rotatable bonds is 6. The van der Waals surface area contributed by atoms with Crippen molar-refractivity contribution >= 4 is 17.7 Å². The van der Waals surface area contributed by atoms with E-state index in [0.29, 0.717) is 11.8 Å². The van der Waals surface area contributed by atoms with Crippen LogP contribution in [0.1, 0.15) is 25.7 Å². The zero-order valence-electron chi connectivity index (χ0n) is 8.75. The van der Waals surface area contributed by atoms with Gasteiger partial charge in [-0.2, -0.15) is 0 Å². The first-order valence-electron chi connectivity index (χ1n) is 5.19. The summed E-state index contributed by atoms with van der Waals surface area (Å²) < 4.78 is 4.90. The Morgan fingerprint density at radius 3 is 2.86 bits per heavy atom. The van der Waals surface area contributed by atoms with Crippen molar-refractivity contribution in [2.45, 2.75) is 31.7 Å². The molecule has 82 valence electrons. The van der Waals surface area contributed by atoms with Gasteiger partial charge in [0.25, 0.3) is 0 Å². The summed E-state index contributed by atoms with van der Waals surface area (Å²) in [6, 6.07) is 0.450. The lowest BCUT2D eigenvalue weighted by Gasteiger charge is -2.11. The largest absolute Gasteiger partial charge is 0.384 e. The average Bonchev–Trinajstić information content (AvgIpc) is 2.65. The minimum atomic E-state index is 0.179. The van der Waals surface area contributed by atoms with Crippen molar-refractivity contribution in [2.24, 2.45) is 0 Å². The minimum absolute atomic E-state index is 0.179. The smallest absolute Gasteiger partial charge is 0.230 e. The minimum Gasteiger partial charge on any atom is -0.384 e. The lowest BCUT2D eigenvalue weighted by atomic mass is 10.2. The van der Waals surface area contributed by atoms with Crippen LogP contribution in [0, 0.1) is 0 Å². The molecule has 1 aliphatic carbocycles. The summed E-state index contributed by atoms with van der Waals surface area (Å²) in [6.45, 7) is 0.724. The highest BCUT2D eigenvalue weighted by Gasteiger charge is 2.16. The van der Waals surface area contributed by atoms with E-state index in [4.69, 9.17) is 4.74 Å². The monoisotopic (exact) mass is 217 g/mol. The van der Waals surface area contributed by atoms with Crippen LogP contribution < -0.4 is 5.32 Å². The molecule has 1 rings (SSSR count). The Balaban J connectivity index is 1.98. The third kappa shape index (κ3) is 4.86.